The van der Waals surface area contributed by atoms with Gasteiger partial charge in [0.1, 0.15) is 0 Å². The van der Waals surface area contributed by atoms with Gasteiger partial charge in [-0.1, -0.05) is 18.2 Å². The third-order valence-electron chi connectivity index (χ3n) is 4.72. The van der Waals surface area contributed by atoms with Crippen molar-refractivity contribution in [2.45, 2.75) is 26.7 Å². The summed E-state index contributed by atoms with van der Waals surface area (Å²) in [5.74, 6) is 0.0572. The Hall–Kier alpha value is -2.89. The van der Waals surface area contributed by atoms with Crippen molar-refractivity contribution < 1.29 is 4.79 Å². The Morgan fingerprint density at radius 1 is 1.29 bits per heavy atom. The molecule has 1 aromatic carbocycles. The van der Waals surface area contributed by atoms with Crippen molar-refractivity contribution in [2.24, 2.45) is 0 Å². The Bertz CT molecular complexity index is 1020. The van der Waals surface area contributed by atoms with Crippen LogP contribution in [0.25, 0.3) is 5.65 Å². The highest BCUT2D eigenvalue weighted by Gasteiger charge is 2.25. The predicted octanol–water partition coefficient (Wildman–Crippen LogP) is 1.77. The zero-order valence-corrected chi connectivity index (χ0v) is 13.7. The third kappa shape index (κ3) is 2.22. The number of aryl methyl sites for hydroxylation is 2. The molecule has 0 unspecified atom stereocenters. The molecule has 6 nitrogen and oxygen atoms in total. The summed E-state index contributed by atoms with van der Waals surface area (Å²) in [6.45, 7) is 4.50. The van der Waals surface area contributed by atoms with Crippen molar-refractivity contribution in [1.82, 2.24) is 14.6 Å². The molecule has 0 fully saturated rings. The monoisotopic (exact) mass is 322 g/mol. The Balaban J connectivity index is 1.70. The van der Waals surface area contributed by atoms with Gasteiger partial charge in [-0.15, -0.1) is 0 Å². The molecule has 0 saturated heterocycles. The van der Waals surface area contributed by atoms with Crippen molar-refractivity contribution in [3.8, 4) is 0 Å². The molecule has 3 aromatic rings. The van der Waals surface area contributed by atoms with E-state index in [-0.39, 0.29) is 17.9 Å². The van der Waals surface area contributed by atoms with Crippen LogP contribution in [0.2, 0.25) is 0 Å². The number of para-hydroxylation sites is 1. The summed E-state index contributed by atoms with van der Waals surface area (Å²) in [4.78, 5) is 30.7. The van der Waals surface area contributed by atoms with Crippen molar-refractivity contribution in [3.63, 3.8) is 0 Å². The molecular weight excluding hydrogens is 304 g/mol. The van der Waals surface area contributed by atoms with Crippen molar-refractivity contribution >= 4 is 17.2 Å². The number of aromatic amines is 1. The number of anilines is 1. The van der Waals surface area contributed by atoms with Gasteiger partial charge >= 0.3 is 0 Å². The van der Waals surface area contributed by atoms with E-state index < -0.39 is 0 Å². The lowest BCUT2D eigenvalue weighted by atomic mass is 10.1. The second-order valence-corrected chi connectivity index (χ2v) is 6.18. The zero-order chi connectivity index (χ0) is 16.8. The van der Waals surface area contributed by atoms with E-state index in [4.69, 9.17) is 0 Å². The fourth-order valence-electron chi connectivity index (χ4n) is 3.46. The summed E-state index contributed by atoms with van der Waals surface area (Å²) in [5.41, 5.74) is 5.10. The van der Waals surface area contributed by atoms with Crippen molar-refractivity contribution in [3.05, 3.63) is 63.2 Å². The number of rotatable bonds is 2. The number of benzene rings is 1. The van der Waals surface area contributed by atoms with Crippen LogP contribution in [0.5, 0.6) is 0 Å². The van der Waals surface area contributed by atoms with E-state index in [1.807, 2.05) is 36.9 Å². The molecule has 1 N–H and O–H groups in total. The number of amides is 1. The lowest BCUT2D eigenvalue weighted by Gasteiger charge is -2.19. The Kier molecular flexibility index (Phi) is 3.26. The van der Waals surface area contributed by atoms with Gasteiger partial charge in [0.25, 0.3) is 5.56 Å². The highest BCUT2D eigenvalue weighted by Crippen LogP contribution is 2.28. The third-order valence-corrected chi connectivity index (χ3v) is 4.72. The minimum absolute atomic E-state index is 0.0572. The number of nitrogens with zero attached hydrogens (tertiary/aromatic N) is 3. The molecular formula is C18H18N4O2. The van der Waals surface area contributed by atoms with Gasteiger partial charge in [-0.25, -0.2) is 9.50 Å². The van der Waals surface area contributed by atoms with E-state index >= 15 is 0 Å². The highest BCUT2D eigenvalue weighted by atomic mass is 16.2. The van der Waals surface area contributed by atoms with Crippen molar-refractivity contribution in [1.29, 1.82) is 0 Å². The van der Waals surface area contributed by atoms with Gasteiger partial charge in [-0.2, -0.15) is 0 Å². The minimum atomic E-state index is -0.193. The van der Waals surface area contributed by atoms with E-state index in [9.17, 15) is 9.59 Å². The van der Waals surface area contributed by atoms with Gasteiger partial charge in [-0.3, -0.25) is 14.7 Å². The molecule has 6 heteroatoms. The number of fused-ring (bicyclic) bond motifs is 2. The first kappa shape index (κ1) is 14.7. The second kappa shape index (κ2) is 5.33. The fraction of sp³-hybridized carbons (Fsp3) is 0.278. The lowest BCUT2D eigenvalue weighted by Crippen LogP contribution is -2.31. The molecule has 2 aromatic heterocycles. The zero-order valence-electron chi connectivity index (χ0n) is 13.7. The van der Waals surface area contributed by atoms with Crippen LogP contribution in [-0.2, 0) is 17.6 Å². The fourth-order valence-corrected chi connectivity index (χ4v) is 3.46. The van der Waals surface area contributed by atoms with Gasteiger partial charge in [-0.05, 0) is 31.9 Å². The van der Waals surface area contributed by atoms with Gasteiger partial charge < -0.3 is 4.90 Å². The summed E-state index contributed by atoms with van der Waals surface area (Å²) in [5, 5.41) is 2.73. The van der Waals surface area contributed by atoms with E-state index in [2.05, 4.69) is 16.1 Å². The van der Waals surface area contributed by atoms with Gasteiger partial charge in [0.2, 0.25) is 5.91 Å². The average Bonchev–Trinajstić information content (AvgIpc) is 3.14. The van der Waals surface area contributed by atoms with Gasteiger partial charge in [0.05, 0.1) is 6.42 Å². The molecule has 0 atom stereocenters. The number of carbonyl (C=O) groups is 1. The molecule has 0 aliphatic carbocycles. The number of hydrogen-bond acceptors (Lipinski definition) is 3. The standard InChI is InChI=1S/C18H18N4O2/c1-11-14(12(2)22-16(19-11)10-17(23)20-22)9-18(24)21-8-7-13-5-3-4-6-15(13)21/h3-6,10H,7-9H2,1-2H3,(H,20,23). The number of hydrogen-bond donors (Lipinski definition) is 1. The molecule has 24 heavy (non-hydrogen) atoms. The Labute approximate surface area is 138 Å². The smallest absolute Gasteiger partial charge is 0.266 e. The van der Waals surface area contributed by atoms with E-state index in [0.29, 0.717) is 12.2 Å². The van der Waals surface area contributed by atoms with Crippen LogP contribution in [0.3, 0.4) is 0 Å². The molecule has 0 spiro atoms. The van der Waals surface area contributed by atoms with Crippen LogP contribution >= 0.6 is 0 Å². The number of nitrogens with one attached hydrogen (secondary N) is 1. The molecule has 4 rings (SSSR count). The van der Waals surface area contributed by atoms with Crippen LogP contribution < -0.4 is 10.5 Å². The number of aromatic nitrogens is 3. The largest absolute Gasteiger partial charge is 0.312 e. The molecule has 0 saturated carbocycles. The Morgan fingerprint density at radius 2 is 2.08 bits per heavy atom. The number of H-pyrrole nitrogens is 1. The van der Waals surface area contributed by atoms with Crippen molar-refractivity contribution in [2.75, 3.05) is 11.4 Å². The molecule has 0 radical (unpaired) electrons. The minimum Gasteiger partial charge on any atom is -0.312 e. The predicted molar refractivity (Wildman–Crippen MR) is 91.5 cm³/mol. The average molecular weight is 322 g/mol. The molecule has 1 aliphatic rings. The van der Waals surface area contributed by atoms with Crippen LogP contribution in [0.4, 0.5) is 5.69 Å². The van der Waals surface area contributed by atoms with E-state index in [1.54, 1.807) is 4.52 Å². The lowest BCUT2D eigenvalue weighted by molar-refractivity contribution is -0.117. The first-order valence-corrected chi connectivity index (χ1v) is 8.01. The molecule has 1 aliphatic heterocycles. The van der Waals surface area contributed by atoms with Crippen LogP contribution in [0.15, 0.2) is 35.1 Å². The summed E-state index contributed by atoms with van der Waals surface area (Å²) in [7, 11) is 0. The molecule has 0 bridgehead atoms. The van der Waals surface area contributed by atoms with Crippen LogP contribution in [0, 0.1) is 13.8 Å². The van der Waals surface area contributed by atoms with Crippen LogP contribution in [0.1, 0.15) is 22.5 Å². The maximum atomic E-state index is 12.8. The summed E-state index contributed by atoms with van der Waals surface area (Å²) < 4.78 is 1.65. The Morgan fingerprint density at radius 3 is 2.92 bits per heavy atom. The van der Waals surface area contributed by atoms with Gasteiger partial charge in [0.15, 0.2) is 5.65 Å². The summed E-state index contributed by atoms with van der Waals surface area (Å²) in [6.07, 6.45) is 1.16. The quantitative estimate of drug-likeness (QED) is 0.782. The first-order chi connectivity index (χ1) is 11.5. The highest BCUT2D eigenvalue weighted by molar-refractivity contribution is 5.96. The van der Waals surface area contributed by atoms with E-state index in [0.717, 1.165) is 29.1 Å². The van der Waals surface area contributed by atoms with Crippen LogP contribution in [-0.4, -0.2) is 27.0 Å². The number of carbonyl (C=O) groups excluding carboxylic acids is 1. The second-order valence-electron chi connectivity index (χ2n) is 6.18. The maximum Gasteiger partial charge on any atom is 0.266 e. The maximum absolute atomic E-state index is 12.8. The molecule has 3 heterocycles. The summed E-state index contributed by atoms with van der Waals surface area (Å²) >= 11 is 0. The molecule has 122 valence electrons. The first-order valence-electron chi connectivity index (χ1n) is 8.01. The van der Waals surface area contributed by atoms with Gasteiger partial charge in [0, 0.05) is 35.2 Å². The summed E-state index contributed by atoms with van der Waals surface area (Å²) in [6, 6.07) is 9.48. The normalized spacial score (nSPS) is 13.5. The van der Waals surface area contributed by atoms with E-state index in [1.165, 1.54) is 11.6 Å². The topological polar surface area (TPSA) is 70.5 Å². The SMILES string of the molecule is Cc1nc2cc(=O)[nH]n2c(C)c1CC(=O)N1CCc2ccccc21. The molecule has 1 amide bonds.